The van der Waals surface area contributed by atoms with E-state index >= 15 is 0 Å². The summed E-state index contributed by atoms with van der Waals surface area (Å²) in [5, 5.41) is 0. The summed E-state index contributed by atoms with van der Waals surface area (Å²) in [5.41, 5.74) is 2.49. The van der Waals surface area contributed by atoms with Gasteiger partial charge in [-0.15, -0.1) is 0 Å². The summed E-state index contributed by atoms with van der Waals surface area (Å²) in [6.45, 7) is 3.64. The maximum Gasteiger partial charge on any atom is 0.248 e. The first-order valence-corrected chi connectivity index (χ1v) is 11.6. The van der Waals surface area contributed by atoms with Crippen LogP contribution in [0.4, 0.5) is 14.6 Å². The van der Waals surface area contributed by atoms with E-state index in [4.69, 9.17) is 14.7 Å². The second-order valence-corrected chi connectivity index (χ2v) is 8.79. The number of H-pyrrole nitrogens is 1. The molecule has 182 valence electrons. The van der Waals surface area contributed by atoms with Gasteiger partial charge in [-0.1, -0.05) is 6.07 Å². The van der Waals surface area contributed by atoms with Crippen molar-refractivity contribution in [2.24, 2.45) is 0 Å². The summed E-state index contributed by atoms with van der Waals surface area (Å²) >= 11 is 0. The topological polar surface area (TPSA) is 91.4 Å². The number of anilines is 1. The number of aromatic nitrogens is 3. The van der Waals surface area contributed by atoms with Gasteiger partial charge in [0, 0.05) is 58.0 Å². The Morgan fingerprint density at radius 2 is 1.89 bits per heavy atom. The van der Waals surface area contributed by atoms with Gasteiger partial charge in [-0.25, -0.2) is 18.7 Å². The fraction of sp³-hybridized carbons (Fsp3) is 0.360. The largest absolute Gasteiger partial charge is 0.487 e. The van der Waals surface area contributed by atoms with Crippen LogP contribution in [0.1, 0.15) is 31.2 Å². The minimum Gasteiger partial charge on any atom is -0.487 e. The van der Waals surface area contributed by atoms with Crippen molar-refractivity contribution in [2.45, 2.75) is 38.8 Å². The molecule has 2 aliphatic rings. The number of hydrogen-bond acceptors (Lipinski definition) is 6. The van der Waals surface area contributed by atoms with Gasteiger partial charge in [-0.05, 0) is 18.2 Å². The Morgan fingerprint density at radius 1 is 1.09 bits per heavy atom. The number of benzene rings is 1. The average Bonchev–Trinajstić information content (AvgIpc) is 2.85. The third-order valence-corrected chi connectivity index (χ3v) is 6.39. The SMILES string of the molecule is CC(=O)N1CCc2nc(-c3cccc(=O)[nH]3)c(N3CCC(Oc4ccc(F)cc4F)CC3)nc2C1. The smallest absolute Gasteiger partial charge is 0.248 e. The van der Waals surface area contributed by atoms with Crippen LogP contribution in [0.5, 0.6) is 5.75 Å². The molecule has 3 aromatic rings. The van der Waals surface area contributed by atoms with Crippen molar-refractivity contribution >= 4 is 11.7 Å². The lowest BCUT2D eigenvalue weighted by molar-refractivity contribution is -0.129. The number of rotatable bonds is 4. The first-order valence-electron chi connectivity index (χ1n) is 11.6. The fourth-order valence-corrected chi connectivity index (χ4v) is 4.51. The van der Waals surface area contributed by atoms with E-state index in [1.165, 1.54) is 25.1 Å². The van der Waals surface area contributed by atoms with Gasteiger partial charge in [0.25, 0.3) is 0 Å². The Hall–Kier alpha value is -3.82. The molecule has 0 atom stereocenters. The van der Waals surface area contributed by atoms with Gasteiger partial charge in [0.15, 0.2) is 17.4 Å². The molecule has 8 nitrogen and oxygen atoms in total. The molecule has 1 saturated heterocycles. The van der Waals surface area contributed by atoms with Gasteiger partial charge in [-0.3, -0.25) is 9.59 Å². The average molecular weight is 482 g/mol. The Kier molecular flexibility index (Phi) is 6.19. The molecule has 10 heteroatoms. The Morgan fingerprint density at radius 3 is 2.60 bits per heavy atom. The number of amides is 1. The lowest BCUT2D eigenvalue weighted by Crippen LogP contribution is -2.40. The van der Waals surface area contributed by atoms with E-state index in [0.29, 0.717) is 62.6 Å². The van der Waals surface area contributed by atoms with Crippen molar-refractivity contribution in [1.29, 1.82) is 0 Å². The number of pyridine rings is 1. The normalized spacial score (nSPS) is 16.2. The van der Waals surface area contributed by atoms with Crippen LogP contribution in [-0.2, 0) is 17.8 Å². The van der Waals surface area contributed by atoms with E-state index in [9.17, 15) is 18.4 Å². The summed E-state index contributed by atoms with van der Waals surface area (Å²) in [5.74, 6) is -0.724. The van der Waals surface area contributed by atoms with E-state index in [0.717, 1.165) is 17.5 Å². The highest BCUT2D eigenvalue weighted by atomic mass is 19.1. The van der Waals surface area contributed by atoms with Crippen molar-refractivity contribution in [1.82, 2.24) is 19.9 Å². The molecule has 0 spiro atoms. The van der Waals surface area contributed by atoms with Crippen LogP contribution >= 0.6 is 0 Å². The molecule has 35 heavy (non-hydrogen) atoms. The summed E-state index contributed by atoms with van der Waals surface area (Å²) < 4.78 is 33.0. The Balaban J connectivity index is 1.41. The van der Waals surface area contributed by atoms with Crippen LogP contribution in [0.25, 0.3) is 11.4 Å². The number of aromatic amines is 1. The number of halogens is 2. The van der Waals surface area contributed by atoms with Crippen molar-refractivity contribution in [3.8, 4) is 17.1 Å². The zero-order valence-corrected chi connectivity index (χ0v) is 19.3. The maximum atomic E-state index is 14.0. The van der Waals surface area contributed by atoms with Gasteiger partial charge in [0.05, 0.1) is 23.6 Å². The molecule has 0 aliphatic carbocycles. The first kappa shape index (κ1) is 22.9. The summed E-state index contributed by atoms with van der Waals surface area (Å²) in [7, 11) is 0. The number of fused-ring (bicyclic) bond motifs is 1. The first-order chi connectivity index (χ1) is 16.9. The lowest BCUT2D eigenvalue weighted by Gasteiger charge is -2.35. The Bertz CT molecular complexity index is 1320. The predicted molar refractivity (Wildman–Crippen MR) is 125 cm³/mol. The van der Waals surface area contributed by atoms with Gasteiger partial charge < -0.3 is 19.5 Å². The molecule has 0 bridgehead atoms. The molecule has 1 aromatic carbocycles. The van der Waals surface area contributed by atoms with Crippen molar-refractivity contribution < 1.29 is 18.3 Å². The van der Waals surface area contributed by atoms with Gasteiger partial charge in [-0.2, -0.15) is 0 Å². The predicted octanol–water partition coefficient (Wildman–Crippen LogP) is 3.06. The van der Waals surface area contributed by atoms with Crippen LogP contribution < -0.4 is 15.2 Å². The number of ether oxygens (including phenoxy) is 1. The van der Waals surface area contributed by atoms with Crippen molar-refractivity contribution in [2.75, 3.05) is 24.5 Å². The molecule has 1 N–H and O–H groups in total. The number of piperidine rings is 1. The molecule has 2 aromatic heterocycles. The quantitative estimate of drug-likeness (QED) is 0.616. The number of carbonyl (C=O) groups is 1. The zero-order chi connectivity index (χ0) is 24.5. The highest BCUT2D eigenvalue weighted by Gasteiger charge is 2.29. The molecule has 4 heterocycles. The second kappa shape index (κ2) is 9.44. The fourth-order valence-electron chi connectivity index (χ4n) is 4.51. The Labute approximate surface area is 200 Å². The van der Waals surface area contributed by atoms with Crippen LogP contribution in [0, 0.1) is 11.6 Å². The van der Waals surface area contributed by atoms with Crippen molar-refractivity contribution in [3.63, 3.8) is 0 Å². The van der Waals surface area contributed by atoms with Crippen molar-refractivity contribution in [3.05, 3.63) is 69.8 Å². The summed E-state index contributed by atoms with van der Waals surface area (Å²) in [4.78, 5) is 40.3. The van der Waals surface area contributed by atoms with Crippen LogP contribution in [0.3, 0.4) is 0 Å². The highest BCUT2D eigenvalue weighted by molar-refractivity contribution is 5.74. The molecule has 0 saturated carbocycles. The van der Waals surface area contributed by atoms with Crippen LogP contribution in [0.15, 0.2) is 41.2 Å². The van der Waals surface area contributed by atoms with Gasteiger partial charge >= 0.3 is 0 Å². The molecule has 0 radical (unpaired) electrons. The molecule has 1 fully saturated rings. The second-order valence-electron chi connectivity index (χ2n) is 8.79. The molecule has 2 aliphatic heterocycles. The lowest BCUT2D eigenvalue weighted by atomic mass is 10.1. The van der Waals surface area contributed by atoms with Crippen LogP contribution in [0.2, 0.25) is 0 Å². The minimum atomic E-state index is -0.724. The van der Waals surface area contributed by atoms with E-state index in [1.54, 1.807) is 17.0 Å². The molecular formula is C25H25F2N5O3. The van der Waals surface area contributed by atoms with E-state index < -0.39 is 11.6 Å². The number of nitrogens with zero attached hydrogens (tertiary/aromatic N) is 4. The van der Waals surface area contributed by atoms with Crippen LogP contribution in [-0.4, -0.2) is 51.5 Å². The third-order valence-electron chi connectivity index (χ3n) is 6.39. The van der Waals surface area contributed by atoms with E-state index in [-0.39, 0.29) is 23.3 Å². The van der Waals surface area contributed by atoms with E-state index in [2.05, 4.69) is 9.88 Å². The van der Waals surface area contributed by atoms with E-state index in [1.807, 2.05) is 0 Å². The highest BCUT2D eigenvalue weighted by Crippen LogP contribution is 2.32. The minimum absolute atomic E-state index is 0.0125. The summed E-state index contributed by atoms with van der Waals surface area (Å²) in [6, 6.07) is 8.19. The standard InChI is InChI=1S/C25H25F2N5O3/c1-15(33)32-12-9-19-21(14-32)30-25(24(29-19)20-3-2-4-23(34)28-20)31-10-7-17(8-11-31)35-22-6-5-16(26)13-18(22)27/h2-6,13,17H,7-12,14H2,1H3,(H,28,34). The monoisotopic (exact) mass is 481 g/mol. The maximum absolute atomic E-state index is 14.0. The third kappa shape index (κ3) is 4.87. The molecular weight excluding hydrogens is 456 g/mol. The molecule has 1 amide bonds. The number of carbonyl (C=O) groups excluding carboxylic acids is 1. The van der Waals surface area contributed by atoms with Gasteiger partial charge in [0.1, 0.15) is 17.6 Å². The number of hydrogen-bond donors (Lipinski definition) is 1. The van der Waals surface area contributed by atoms with Gasteiger partial charge in [0.2, 0.25) is 11.5 Å². The molecule has 5 rings (SSSR count). The molecule has 0 unspecified atom stereocenters. The summed E-state index contributed by atoms with van der Waals surface area (Å²) in [6.07, 6.45) is 1.55. The zero-order valence-electron chi connectivity index (χ0n) is 19.3. The number of nitrogens with one attached hydrogen (secondary N) is 1.